The van der Waals surface area contributed by atoms with Gasteiger partial charge < -0.3 is 15.6 Å². The lowest BCUT2D eigenvalue weighted by atomic mass is 9.28. The van der Waals surface area contributed by atoms with Gasteiger partial charge >= 0.3 is 0 Å². The van der Waals surface area contributed by atoms with Crippen molar-refractivity contribution in [2.45, 2.75) is 16.6 Å². The van der Waals surface area contributed by atoms with E-state index in [-0.39, 0.29) is 12.5 Å². The molecule has 1 aromatic rings. The molecule has 0 saturated heterocycles. The Balaban J connectivity index is 2.81. The molecular formula is C9H9B5N2O2. The van der Waals surface area contributed by atoms with E-state index in [1.165, 1.54) is 12.3 Å². The van der Waals surface area contributed by atoms with Crippen molar-refractivity contribution in [3.63, 3.8) is 0 Å². The van der Waals surface area contributed by atoms with Crippen LogP contribution in [0.3, 0.4) is 0 Å². The zero-order chi connectivity index (χ0) is 14.0. The Bertz CT molecular complexity index is 393. The number of aromatic nitrogens is 1. The molecule has 0 aromatic carbocycles. The highest BCUT2D eigenvalue weighted by molar-refractivity contribution is 6.66. The van der Waals surface area contributed by atoms with Crippen molar-refractivity contribution >= 4 is 39.2 Å². The lowest BCUT2D eigenvalue weighted by molar-refractivity contribution is 0.231. The summed E-state index contributed by atoms with van der Waals surface area (Å²) in [5.74, 6) is 0.0830. The Morgan fingerprint density at radius 3 is 2.28 bits per heavy atom. The van der Waals surface area contributed by atoms with Gasteiger partial charge in [-0.2, -0.15) is 0 Å². The molecule has 0 unspecified atom stereocenters. The third-order valence-electron chi connectivity index (χ3n) is 2.33. The summed E-state index contributed by atoms with van der Waals surface area (Å²) in [5, 5.41) is 4.96. The maximum atomic E-state index is 8.88. The summed E-state index contributed by atoms with van der Waals surface area (Å²) in [6.45, 7) is -0.197. The average Bonchev–Trinajstić information content (AvgIpc) is 2.27. The fraction of sp³-hybridized carbons (Fsp3) is 0.444. The molecular weight excluding hydrogens is 222 g/mol. The first-order valence-corrected chi connectivity index (χ1v) is 5.13. The minimum Gasteiger partial charge on any atom is -0.493 e. The van der Waals surface area contributed by atoms with Gasteiger partial charge in [-0.05, 0) is 5.56 Å². The van der Waals surface area contributed by atoms with E-state index in [1.54, 1.807) is 6.07 Å². The van der Waals surface area contributed by atoms with E-state index in [4.69, 9.17) is 54.8 Å². The predicted octanol–water partition coefficient (Wildman–Crippen LogP) is -1.98. The van der Waals surface area contributed by atoms with Gasteiger partial charge in [0.25, 0.3) is 0 Å². The Morgan fingerprint density at radius 1 is 1.28 bits per heavy atom. The van der Waals surface area contributed by atoms with E-state index < -0.39 is 16.6 Å². The molecule has 18 heavy (non-hydrogen) atoms. The monoisotopic (exact) mass is 232 g/mol. The van der Waals surface area contributed by atoms with Gasteiger partial charge in [-0.25, -0.2) is 4.98 Å². The second-order valence-electron chi connectivity index (χ2n) is 4.05. The van der Waals surface area contributed by atoms with Crippen LogP contribution >= 0.6 is 0 Å². The van der Waals surface area contributed by atoms with Gasteiger partial charge in [0.05, 0.1) is 36.2 Å². The highest BCUT2D eigenvalue weighted by Crippen LogP contribution is 2.27. The third-order valence-corrected chi connectivity index (χ3v) is 2.33. The quantitative estimate of drug-likeness (QED) is 0.576. The number of hydrogen-bond acceptors (Lipinski definition) is 4. The summed E-state index contributed by atoms with van der Waals surface area (Å²) >= 11 is 0. The second kappa shape index (κ2) is 5.45. The zero-order valence-corrected chi connectivity index (χ0v) is 9.78. The average molecular weight is 231 g/mol. The smallest absolute Gasteiger partial charge is 0.212 e. The van der Waals surface area contributed by atoms with Crippen LogP contribution < -0.4 is 10.5 Å². The van der Waals surface area contributed by atoms with Crippen LogP contribution in [0.5, 0.6) is 5.88 Å². The molecule has 0 spiro atoms. The van der Waals surface area contributed by atoms with Gasteiger partial charge in [0.2, 0.25) is 5.88 Å². The maximum absolute atomic E-state index is 8.88. The van der Waals surface area contributed by atoms with Crippen LogP contribution in [0.2, 0.25) is 5.11 Å². The summed E-state index contributed by atoms with van der Waals surface area (Å²) in [6.07, 6.45) is 1.41. The normalized spacial score (nSPS) is 14.1. The molecule has 0 aliphatic carbocycles. The van der Waals surface area contributed by atoms with Crippen LogP contribution in [0, 0.1) is 0 Å². The van der Waals surface area contributed by atoms with Crippen molar-refractivity contribution in [3.8, 4) is 5.88 Å². The van der Waals surface area contributed by atoms with Crippen molar-refractivity contribution in [1.29, 1.82) is 0 Å². The molecule has 0 aliphatic heterocycles. The zero-order valence-electron chi connectivity index (χ0n) is 9.78. The molecule has 1 heterocycles. The number of ether oxygens (including phenoxy) is 1. The standard InChI is InChI=1S/C9H9B5N2O2/c10-8(11,12)9(13,14)18-7-2-1-5(3-16-7)6(15)4-17/h1-3,6,17H,4,15H2/t6-/m0/s1. The largest absolute Gasteiger partial charge is 0.493 e. The molecule has 10 radical (unpaired) electrons. The van der Waals surface area contributed by atoms with Crippen molar-refractivity contribution < 1.29 is 9.84 Å². The number of rotatable bonds is 5. The molecule has 0 saturated carbocycles. The van der Waals surface area contributed by atoms with E-state index in [2.05, 4.69) is 4.98 Å². The summed E-state index contributed by atoms with van der Waals surface area (Å²) in [5.41, 5.74) is 6.23. The van der Waals surface area contributed by atoms with Gasteiger partial charge in [-0.1, -0.05) is 6.07 Å². The number of hydrogen-bond donors (Lipinski definition) is 2. The number of aliphatic hydroxyl groups excluding tert-OH is 1. The molecule has 9 heteroatoms. The molecule has 1 rings (SSSR count). The summed E-state index contributed by atoms with van der Waals surface area (Å²) in [7, 11) is 27.1. The fourth-order valence-corrected chi connectivity index (χ4v) is 1.04. The highest BCUT2D eigenvalue weighted by Gasteiger charge is 2.32. The lowest BCUT2D eigenvalue weighted by Gasteiger charge is -2.41. The van der Waals surface area contributed by atoms with E-state index in [0.29, 0.717) is 5.56 Å². The number of aliphatic hydroxyl groups is 1. The van der Waals surface area contributed by atoms with E-state index >= 15 is 0 Å². The van der Waals surface area contributed by atoms with Gasteiger partial charge in [0, 0.05) is 17.7 Å². The minimum atomic E-state index is -1.99. The predicted molar refractivity (Wildman–Crippen MR) is 73.1 cm³/mol. The summed E-state index contributed by atoms with van der Waals surface area (Å²) in [4.78, 5) is 3.91. The maximum Gasteiger partial charge on any atom is 0.212 e. The SMILES string of the molecule is [B]C([B])([B])C([B])([B])Oc1ccc([C@@H](N)CO)cn1. The Labute approximate surface area is 113 Å². The Kier molecular flexibility index (Phi) is 4.62. The van der Waals surface area contributed by atoms with Gasteiger partial charge in [-0.15, -0.1) is 5.11 Å². The topological polar surface area (TPSA) is 68.4 Å². The first kappa shape index (κ1) is 15.3. The summed E-state index contributed by atoms with van der Waals surface area (Å²) < 4.78 is 5.10. The van der Waals surface area contributed by atoms with Crippen LogP contribution in [0.4, 0.5) is 0 Å². The molecule has 0 aliphatic rings. The minimum absolute atomic E-state index is 0.0830. The second-order valence-corrected chi connectivity index (χ2v) is 4.05. The number of nitrogens with two attached hydrogens (primary N) is 1. The van der Waals surface area contributed by atoms with Crippen LogP contribution in [0.1, 0.15) is 11.6 Å². The third kappa shape index (κ3) is 3.59. The molecule has 1 aromatic heterocycles. The number of pyridine rings is 1. The lowest BCUT2D eigenvalue weighted by Crippen LogP contribution is -2.51. The van der Waals surface area contributed by atoms with Crippen molar-refractivity contribution in [1.82, 2.24) is 4.98 Å². The molecule has 82 valence electrons. The molecule has 0 bridgehead atoms. The van der Waals surface area contributed by atoms with Crippen LogP contribution in [-0.4, -0.2) is 61.3 Å². The van der Waals surface area contributed by atoms with Crippen LogP contribution in [-0.2, 0) is 0 Å². The van der Waals surface area contributed by atoms with E-state index in [0.717, 1.165) is 0 Å². The molecule has 0 amide bonds. The molecule has 1 atom stereocenters. The van der Waals surface area contributed by atoms with Crippen LogP contribution in [0.25, 0.3) is 0 Å². The Hall–Kier alpha value is -0.805. The Morgan fingerprint density at radius 2 is 1.89 bits per heavy atom. The van der Waals surface area contributed by atoms with Crippen molar-refractivity contribution in [2.24, 2.45) is 5.73 Å². The van der Waals surface area contributed by atoms with Gasteiger partial charge in [0.1, 0.15) is 15.7 Å². The van der Waals surface area contributed by atoms with E-state index in [9.17, 15) is 0 Å². The van der Waals surface area contributed by atoms with E-state index in [1.807, 2.05) is 0 Å². The van der Waals surface area contributed by atoms with Crippen molar-refractivity contribution in [3.05, 3.63) is 23.9 Å². The molecule has 4 nitrogen and oxygen atoms in total. The van der Waals surface area contributed by atoms with Crippen LogP contribution in [0.15, 0.2) is 18.3 Å². The van der Waals surface area contributed by atoms with Gasteiger partial charge in [-0.3, -0.25) is 0 Å². The molecule has 3 N–H and O–H groups in total. The fourth-order valence-electron chi connectivity index (χ4n) is 1.04. The number of nitrogens with zero attached hydrogens (tertiary/aromatic N) is 1. The summed E-state index contributed by atoms with van der Waals surface area (Å²) in [6, 6.07) is 2.54. The molecule has 0 fully saturated rings. The first-order valence-electron chi connectivity index (χ1n) is 5.13. The van der Waals surface area contributed by atoms with Crippen molar-refractivity contribution in [2.75, 3.05) is 6.61 Å². The first-order chi connectivity index (χ1) is 8.17. The highest BCUT2D eigenvalue weighted by atomic mass is 16.5. The van der Waals surface area contributed by atoms with Gasteiger partial charge in [0.15, 0.2) is 0 Å².